The van der Waals surface area contributed by atoms with Gasteiger partial charge < -0.3 is 14.8 Å². The van der Waals surface area contributed by atoms with Gasteiger partial charge in [-0.25, -0.2) is 0 Å². The van der Waals surface area contributed by atoms with Crippen LogP contribution >= 0.6 is 0 Å². The van der Waals surface area contributed by atoms with Crippen molar-refractivity contribution in [3.05, 3.63) is 58.3 Å². The van der Waals surface area contributed by atoms with Gasteiger partial charge in [0.1, 0.15) is 6.10 Å². The Balaban J connectivity index is 1.37. The average Bonchev–Trinajstić information content (AvgIpc) is 3.18. The van der Waals surface area contributed by atoms with Gasteiger partial charge in [0.15, 0.2) is 17.3 Å². The van der Waals surface area contributed by atoms with Gasteiger partial charge in [-0.05, 0) is 62.1 Å². The molecule has 174 valence electrons. The number of phenols is 1. The van der Waals surface area contributed by atoms with Crippen LogP contribution in [0.3, 0.4) is 0 Å². The van der Waals surface area contributed by atoms with E-state index in [4.69, 9.17) is 4.74 Å². The first-order valence-electron chi connectivity index (χ1n) is 12.3. The Bertz CT molecular complexity index is 1360. The molecule has 0 spiro atoms. The lowest BCUT2D eigenvalue weighted by Gasteiger charge is -2.42. The van der Waals surface area contributed by atoms with Gasteiger partial charge in [-0.15, -0.1) is 0 Å². The summed E-state index contributed by atoms with van der Waals surface area (Å²) in [5, 5.41) is 20.9. The summed E-state index contributed by atoms with van der Waals surface area (Å²) >= 11 is 0. The lowest BCUT2D eigenvalue weighted by molar-refractivity contribution is 0.0346. The number of fused-ring (bicyclic) bond motifs is 4. The van der Waals surface area contributed by atoms with E-state index in [-0.39, 0.29) is 17.6 Å². The number of nitriles is 1. The molecule has 0 bridgehead atoms. The lowest BCUT2D eigenvalue weighted by atomic mass is 9.71. The van der Waals surface area contributed by atoms with Gasteiger partial charge in [0.25, 0.3) is 0 Å². The number of rotatable bonds is 3. The monoisotopic (exact) mass is 455 g/mol. The predicted molar refractivity (Wildman–Crippen MR) is 130 cm³/mol. The van der Waals surface area contributed by atoms with E-state index in [1.54, 1.807) is 18.2 Å². The number of ether oxygens (including phenoxy) is 1. The van der Waals surface area contributed by atoms with Gasteiger partial charge in [0, 0.05) is 40.2 Å². The van der Waals surface area contributed by atoms with Gasteiger partial charge in [0.05, 0.1) is 17.2 Å². The maximum atomic E-state index is 13.6. The van der Waals surface area contributed by atoms with Gasteiger partial charge in [-0.1, -0.05) is 26.3 Å². The predicted octanol–water partition coefficient (Wildman–Crippen LogP) is 5.01. The molecule has 6 nitrogen and oxygen atoms in total. The van der Waals surface area contributed by atoms with E-state index in [1.165, 1.54) is 19.3 Å². The first-order chi connectivity index (χ1) is 16.4. The number of piperidine rings is 1. The number of likely N-dealkylation sites (tertiary alicyclic amines) is 1. The molecule has 3 aliphatic rings. The van der Waals surface area contributed by atoms with Crippen molar-refractivity contribution in [2.24, 2.45) is 0 Å². The fourth-order valence-corrected chi connectivity index (χ4v) is 5.93. The van der Waals surface area contributed by atoms with Crippen LogP contribution in [-0.4, -0.2) is 46.0 Å². The Morgan fingerprint density at radius 1 is 1.18 bits per heavy atom. The van der Waals surface area contributed by atoms with E-state index in [0.29, 0.717) is 28.5 Å². The number of carbonyl (C=O) groups excluding carboxylic acids is 1. The zero-order valence-corrected chi connectivity index (χ0v) is 19.6. The summed E-state index contributed by atoms with van der Waals surface area (Å²) in [6.45, 7) is 6.17. The molecule has 1 aliphatic heterocycles. The maximum Gasteiger partial charge on any atom is 0.195 e. The molecule has 6 heteroatoms. The minimum Gasteiger partial charge on any atom is -0.504 e. The Hall–Kier alpha value is -3.30. The highest BCUT2D eigenvalue weighted by atomic mass is 16.5. The number of H-pyrrole nitrogens is 1. The molecule has 2 fully saturated rings. The summed E-state index contributed by atoms with van der Waals surface area (Å²) in [6.07, 6.45) is 5.96. The molecule has 1 saturated heterocycles. The van der Waals surface area contributed by atoms with Crippen LogP contribution in [0.4, 0.5) is 0 Å². The third kappa shape index (κ3) is 3.14. The van der Waals surface area contributed by atoms with Crippen LogP contribution < -0.4 is 4.74 Å². The molecule has 2 aliphatic carbocycles. The smallest absolute Gasteiger partial charge is 0.195 e. The highest BCUT2D eigenvalue weighted by Gasteiger charge is 2.41. The molecule has 2 heterocycles. The van der Waals surface area contributed by atoms with Crippen LogP contribution in [0.1, 0.15) is 78.7 Å². The number of aromatic amines is 1. The highest BCUT2D eigenvalue weighted by Crippen LogP contribution is 2.47. The van der Waals surface area contributed by atoms with Gasteiger partial charge >= 0.3 is 0 Å². The van der Waals surface area contributed by atoms with E-state index >= 15 is 0 Å². The van der Waals surface area contributed by atoms with Gasteiger partial charge in [-0.2, -0.15) is 5.26 Å². The quantitative estimate of drug-likeness (QED) is 0.579. The number of nitrogens with zero attached hydrogens (tertiary/aromatic N) is 2. The molecule has 1 atom stereocenters. The van der Waals surface area contributed by atoms with E-state index in [0.717, 1.165) is 48.1 Å². The summed E-state index contributed by atoms with van der Waals surface area (Å²) < 4.78 is 6.36. The molecule has 0 amide bonds. The fourth-order valence-electron chi connectivity index (χ4n) is 5.93. The fraction of sp³-hybridized carbons (Fsp3) is 0.429. The van der Waals surface area contributed by atoms with Crippen molar-refractivity contribution >= 4 is 16.7 Å². The van der Waals surface area contributed by atoms with Crippen molar-refractivity contribution in [2.75, 3.05) is 13.1 Å². The van der Waals surface area contributed by atoms with Crippen LogP contribution in [0.15, 0.2) is 30.3 Å². The second-order valence-electron chi connectivity index (χ2n) is 10.5. The Labute approximate surface area is 199 Å². The Kier molecular flexibility index (Phi) is 4.76. The minimum atomic E-state index is -0.499. The van der Waals surface area contributed by atoms with Crippen LogP contribution in [0.2, 0.25) is 0 Å². The molecule has 1 saturated carbocycles. The molecule has 1 aromatic heterocycles. The number of benzene rings is 2. The topological polar surface area (TPSA) is 89.3 Å². The lowest BCUT2D eigenvalue weighted by Crippen LogP contribution is -2.49. The van der Waals surface area contributed by atoms with Gasteiger partial charge in [-0.3, -0.25) is 9.69 Å². The molecule has 34 heavy (non-hydrogen) atoms. The summed E-state index contributed by atoms with van der Waals surface area (Å²) in [6, 6.07) is 11.6. The number of nitrogens with one attached hydrogen (secondary N) is 1. The minimum absolute atomic E-state index is 0.0127. The van der Waals surface area contributed by atoms with Crippen LogP contribution in [-0.2, 0) is 5.41 Å². The van der Waals surface area contributed by atoms with Crippen molar-refractivity contribution < 1.29 is 14.6 Å². The maximum absolute atomic E-state index is 13.6. The van der Waals surface area contributed by atoms with E-state index in [9.17, 15) is 15.2 Å². The van der Waals surface area contributed by atoms with Crippen molar-refractivity contribution in [1.29, 1.82) is 5.26 Å². The molecular weight excluding hydrogens is 426 g/mol. The summed E-state index contributed by atoms with van der Waals surface area (Å²) in [4.78, 5) is 19.5. The van der Waals surface area contributed by atoms with Crippen LogP contribution in [0.5, 0.6) is 11.5 Å². The number of aromatic hydroxyl groups is 1. The molecule has 0 radical (unpaired) electrons. The number of hydrogen-bond acceptors (Lipinski definition) is 5. The Morgan fingerprint density at radius 2 is 2.00 bits per heavy atom. The van der Waals surface area contributed by atoms with Crippen molar-refractivity contribution in [3.8, 4) is 17.6 Å². The molecule has 0 unspecified atom stereocenters. The molecule has 2 N–H and O–H groups in total. The van der Waals surface area contributed by atoms with E-state index in [2.05, 4.69) is 29.8 Å². The molecular formula is C28H29N3O3. The third-order valence-corrected chi connectivity index (χ3v) is 8.09. The number of ketones is 1. The van der Waals surface area contributed by atoms with Crippen LogP contribution in [0, 0.1) is 11.3 Å². The van der Waals surface area contributed by atoms with Crippen molar-refractivity contribution in [3.63, 3.8) is 0 Å². The number of aromatic nitrogens is 1. The zero-order valence-electron chi connectivity index (χ0n) is 19.6. The summed E-state index contributed by atoms with van der Waals surface area (Å²) in [5.41, 5.74) is 3.63. The second kappa shape index (κ2) is 7.61. The standard InChI is InChI=1S/C28H29N3O3/c1-28(2)21-13-24(34-18-7-4-10-31(15-18)17-5-3-6-17)23(32)12-20(21)26(33)25-19-9-8-16(14-29)11-22(19)30-27(25)28/h8-9,11-13,17-18,30,32H,3-7,10,15H2,1-2H3/t18-/m1/s1. The van der Waals surface area contributed by atoms with Crippen molar-refractivity contribution in [2.45, 2.75) is 63.5 Å². The summed E-state index contributed by atoms with van der Waals surface area (Å²) in [7, 11) is 0. The van der Waals surface area contributed by atoms with E-state index in [1.807, 2.05) is 12.1 Å². The first kappa shape index (κ1) is 21.2. The largest absolute Gasteiger partial charge is 0.504 e. The van der Waals surface area contributed by atoms with Gasteiger partial charge in [0.2, 0.25) is 0 Å². The third-order valence-electron chi connectivity index (χ3n) is 8.09. The zero-order chi connectivity index (χ0) is 23.6. The summed E-state index contributed by atoms with van der Waals surface area (Å²) in [5.74, 6) is 0.348. The SMILES string of the molecule is CC1(C)c2cc(O[C@@H]3CCCN(C4CCC4)C3)c(O)cc2C(=O)c2c1[nH]c1cc(C#N)ccc21. The molecule has 6 rings (SSSR count). The van der Waals surface area contributed by atoms with Crippen molar-refractivity contribution in [1.82, 2.24) is 9.88 Å². The number of carbonyl (C=O) groups is 1. The Morgan fingerprint density at radius 3 is 2.74 bits per heavy atom. The average molecular weight is 456 g/mol. The molecule has 2 aromatic carbocycles. The highest BCUT2D eigenvalue weighted by molar-refractivity contribution is 6.20. The molecule has 3 aromatic rings. The van der Waals surface area contributed by atoms with Crippen LogP contribution in [0.25, 0.3) is 10.9 Å². The van der Waals surface area contributed by atoms with E-state index < -0.39 is 5.41 Å². The second-order valence-corrected chi connectivity index (χ2v) is 10.5. The number of hydrogen-bond donors (Lipinski definition) is 2. The number of phenolic OH excluding ortho intramolecular Hbond substituents is 1. The normalized spacial score (nSPS) is 22.0. The first-order valence-corrected chi connectivity index (χ1v) is 12.3.